The van der Waals surface area contributed by atoms with Gasteiger partial charge < -0.3 is 5.32 Å². The molecule has 0 aromatic carbocycles. The van der Waals surface area contributed by atoms with Gasteiger partial charge in [0.25, 0.3) is 0 Å². The second-order valence-corrected chi connectivity index (χ2v) is 3.66. The zero-order chi connectivity index (χ0) is 7.40. The first-order valence-corrected chi connectivity index (χ1v) is 4.76. The third-order valence-electron chi connectivity index (χ3n) is 1.56. The number of hydrogen-bond donors (Lipinski definition) is 1. The van der Waals surface area contributed by atoms with Gasteiger partial charge in [-0.05, 0) is 24.5 Å². The van der Waals surface area contributed by atoms with Gasteiger partial charge in [0.2, 0.25) is 5.91 Å². The Balaban J connectivity index is 1.88. The summed E-state index contributed by atoms with van der Waals surface area (Å²) in [6.45, 7) is 0. The summed E-state index contributed by atoms with van der Waals surface area (Å²) < 4.78 is 0. The Morgan fingerprint density at radius 1 is 1.70 bits per heavy atom. The number of hydrogen-bond acceptors (Lipinski definition) is 2. The zero-order valence-electron chi connectivity index (χ0n) is 6.22. The van der Waals surface area contributed by atoms with Crippen molar-refractivity contribution in [1.82, 2.24) is 5.32 Å². The monoisotopic (exact) mass is 159 g/mol. The highest BCUT2D eigenvalue weighted by atomic mass is 32.2. The van der Waals surface area contributed by atoms with E-state index in [2.05, 4.69) is 5.32 Å². The number of carbonyl (C=O) groups is 1. The van der Waals surface area contributed by atoms with Crippen LogP contribution in [0.5, 0.6) is 0 Å². The van der Waals surface area contributed by atoms with Gasteiger partial charge in [-0.25, -0.2) is 0 Å². The first-order chi connectivity index (χ1) is 4.83. The summed E-state index contributed by atoms with van der Waals surface area (Å²) in [6.07, 6.45) is 2.75. The van der Waals surface area contributed by atoms with E-state index in [4.69, 9.17) is 0 Å². The van der Waals surface area contributed by atoms with Crippen LogP contribution in [0.15, 0.2) is 0 Å². The maximum atomic E-state index is 10.7. The molecule has 0 aromatic rings. The van der Waals surface area contributed by atoms with E-state index in [-0.39, 0.29) is 5.91 Å². The molecule has 1 N–H and O–H groups in total. The maximum Gasteiger partial charge on any atom is 0.229 e. The Labute approximate surface area is 65.8 Å². The summed E-state index contributed by atoms with van der Waals surface area (Å²) in [5.41, 5.74) is 0. The van der Waals surface area contributed by atoms with E-state index in [0.717, 1.165) is 5.92 Å². The van der Waals surface area contributed by atoms with Crippen molar-refractivity contribution in [2.24, 2.45) is 5.92 Å². The molecule has 3 heteroatoms. The van der Waals surface area contributed by atoms with E-state index in [1.807, 2.05) is 0 Å². The lowest BCUT2D eigenvalue weighted by molar-refractivity contribution is -0.118. The maximum absolute atomic E-state index is 10.7. The Morgan fingerprint density at radius 3 is 2.90 bits per heavy atom. The highest BCUT2D eigenvalue weighted by molar-refractivity contribution is 7.99. The molecule has 0 atom stereocenters. The molecule has 10 heavy (non-hydrogen) atoms. The van der Waals surface area contributed by atoms with Crippen LogP contribution < -0.4 is 5.32 Å². The smallest absolute Gasteiger partial charge is 0.229 e. The number of thioether (sulfide) groups is 1. The van der Waals surface area contributed by atoms with Gasteiger partial charge in [0.15, 0.2) is 0 Å². The summed E-state index contributed by atoms with van der Waals surface area (Å²) in [6, 6.07) is 0. The van der Waals surface area contributed by atoms with Gasteiger partial charge in [-0.1, -0.05) is 0 Å². The summed E-state index contributed by atoms with van der Waals surface area (Å²) in [5.74, 6) is 2.88. The minimum Gasteiger partial charge on any atom is -0.358 e. The molecule has 1 saturated carbocycles. The molecule has 0 aromatic heterocycles. The van der Waals surface area contributed by atoms with E-state index < -0.39 is 0 Å². The summed E-state index contributed by atoms with van der Waals surface area (Å²) in [4.78, 5) is 10.7. The van der Waals surface area contributed by atoms with Crippen molar-refractivity contribution in [1.29, 1.82) is 0 Å². The van der Waals surface area contributed by atoms with Gasteiger partial charge in [-0.3, -0.25) is 4.79 Å². The van der Waals surface area contributed by atoms with E-state index >= 15 is 0 Å². The fourth-order valence-electron chi connectivity index (χ4n) is 0.675. The molecule has 1 aliphatic carbocycles. The lowest BCUT2D eigenvalue weighted by atomic mass is 10.5. The molecule has 1 fully saturated rings. The van der Waals surface area contributed by atoms with Crippen molar-refractivity contribution in [3.05, 3.63) is 0 Å². The SMILES string of the molecule is CNC(=O)CSCC1CC1. The normalized spacial score (nSPS) is 16.9. The Bertz CT molecular complexity index is 123. The van der Waals surface area contributed by atoms with Crippen molar-refractivity contribution in [2.75, 3.05) is 18.6 Å². The standard InChI is InChI=1S/C7H13NOS/c1-8-7(9)5-10-4-6-2-3-6/h6H,2-5H2,1H3,(H,8,9). The Morgan fingerprint density at radius 2 is 2.40 bits per heavy atom. The molecule has 1 rings (SSSR count). The van der Waals surface area contributed by atoms with Crippen LogP contribution in [0.2, 0.25) is 0 Å². The van der Waals surface area contributed by atoms with E-state index in [0.29, 0.717) is 5.75 Å². The predicted molar refractivity (Wildman–Crippen MR) is 44.1 cm³/mol. The van der Waals surface area contributed by atoms with E-state index in [1.54, 1.807) is 18.8 Å². The van der Waals surface area contributed by atoms with Gasteiger partial charge in [-0.2, -0.15) is 11.8 Å². The van der Waals surface area contributed by atoms with Gasteiger partial charge in [0.05, 0.1) is 5.75 Å². The molecular weight excluding hydrogens is 146 g/mol. The fraction of sp³-hybridized carbons (Fsp3) is 0.857. The van der Waals surface area contributed by atoms with Crippen molar-refractivity contribution in [2.45, 2.75) is 12.8 Å². The highest BCUT2D eigenvalue weighted by Gasteiger charge is 2.20. The van der Waals surface area contributed by atoms with Crippen molar-refractivity contribution in [3.8, 4) is 0 Å². The second-order valence-electron chi connectivity index (χ2n) is 2.63. The van der Waals surface area contributed by atoms with Crippen LogP contribution in [-0.4, -0.2) is 24.5 Å². The van der Waals surface area contributed by atoms with Crippen molar-refractivity contribution < 1.29 is 4.79 Å². The molecule has 0 spiro atoms. The third-order valence-corrected chi connectivity index (χ3v) is 2.74. The van der Waals surface area contributed by atoms with Gasteiger partial charge in [0.1, 0.15) is 0 Å². The Kier molecular flexibility index (Phi) is 3.06. The zero-order valence-corrected chi connectivity index (χ0v) is 7.04. The lowest BCUT2D eigenvalue weighted by Gasteiger charge is -1.97. The summed E-state index contributed by atoms with van der Waals surface area (Å²) >= 11 is 1.74. The molecule has 1 amide bonds. The second kappa shape index (κ2) is 3.86. The topological polar surface area (TPSA) is 29.1 Å². The van der Waals surface area contributed by atoms with Crippen LogP contribution in [0, 0.1) is 5.92 Å². The van der Waals surface area contributed by atoms with Gasteiger partial charge >= 0.3 is 0 Å². The first-order valence-electron chi connectivity index (χ1n) is 3.61. The molecule has 0 radical (unpaired) electrons. The average Bonchev–Trinajstić information content (AvgIpc) is 2.71. The molecule has 0 aliphatic heterocycles. The number of nitrogens with one attached hydrogen (secondary N) is 1. The molecule has 2 nitrogen and oxygen atoms in total. The van der Waals surface area contributed by atoms with Crippen molar-refractivity contribution in [3.63, 3.8) is 0 Å². The molecule has 0 heterocycles. The van der Waals surface area contributed by atoms with Crippen LogP contribution >= 0.6 is 11.8 Å². The average molecular weight is 159 g/mol. The van der Waals surface area contributed by atoms with Crippen LogP contribution in [0.1, 0.15) is 12.8 Å². The van der Waals surface area contributed by atoms with Crippen LogP contribution in [-0.2, 0) is 4.79 Å². The molecule has 58 valence electrons. The fourth-order valence-corrected chi connectivity index (χ4v) is 1.79. The lowest BCUT2D eigenvalue weighted by Crippen LogP contribution is -2.20. The molecule has 1 aliphatic rings. The molecule has 0 saturated heterocycles. The summed E-state index contributed by atoms with van der Waals surface area (Å²) in [5, 5.41) is 2.60. The van der Waals surface area contributed by atoms with E-state index in [1.165, 1.54) is 18.6 Å². The minimum absolute atomic E-state index is 0.144. The molecule has 0 bridgehead atoms. The number of amides is 1. The first kappa shape index (κ1) is 7.92. The van der Waals surface area contributed by atoms with Gasteiger partial charge in [0, 0.05) is 7.05 Å². The summed E-state index contributed by atoms with van der Waals surface area (Å²) in [7, 11) is 1.68. The minimum atomic E-state index is 0.144. The molecule has 0 unspecified atom stereocenters. The highest BCUT2D eigenvalue weighted by Crippen LogP contribution is 2.32. The van der Waals surface area contributed by atoms with Crippen LogP contribution in [0.3, 0.4) is 0 Å². The largest absolute Gasteiger partial charge is 0.358 e. The van der Waals surface area contributed by atoms with Crippen LogP contribution in [0.4, 0.5) is 0 Å². The number of rotatable bonds is 4. The Hall–Kier alpha value is -0.180. The molecular formula is C7H13NOS. The van der Waals surface area contributed by atoms with Crippen molar-refractivity contribution >= 4 is 17.7 Å². The van der Waals surface area contributed by atoms with Crippen LogP contribution in [0.25, 0.3) is 0 Å². The van der Waals surface area contributed by atoms with Gasteiger partial charge in [-0.15, -0.1) is 0 Å². The third kappa shape index (κ3) is 3.11. The quantitative estimate of drug-likeness (QED) is 0.659. The predicted octanol–water partition coefficient (Wildman–Crippen LogP) is 0.876. The van der Waals surface area contributed by atoms with E-state index in [9.17, 15) is 4.79 Å². The number of carbonyl (C=O) groups excluding carboxylic acids is 1.